The van der Waals surface area contributed by atoms with Gasteiger partial charge in [-0.05, 0) is 50.5 Å². The first-order valence-electron chi connectivity index (χ1n) is 6.21. The zero-order valence-electron chi connectivity index (χ0n) is 11.1. The largest absolute Gasteiger partial charge is 0.390 e. The quantitative estimate of drug-likeness (QED) is 0.900. The molecule has 4 nitrogen and oxygen atoms in total. The third-order valence-corrected chi connectivity index (χ3v) is 5.61. The molecule has 0 spiro atoms. The number of nitrogens with zero attached hydrogens (tertiary/aromatic N) is 1. The molecule has 6 heteroatoms. The third-order valence-electron chi connectivity index (χ3n) is 3.55. The molecule has 2 rings (SSSR count). The van der Waals surface area contributed by atoms with Gasteiger partial charge in [0.25, 0.3) is 0 Å². The van der Waals surface area contributed by atoms with Crippen molar-refractivity contribution in [3.8, 4) is 0 Å². The van der Waals surface area contributed by atoms with Crippen molar-refractivity contribution < 1.29 is 17.9 Å². The minimum absolute atomic E-state index is 0.135. The Bertz CT molecular complexity index is 574. The SMILES string of the molecule is Cc1cc(F)ccc1S(=O)(=O)N1CCC(C)(O)CC1. The summed E-state index contributed by atoms with van der Waals surface area (Å²) in [7, 11) is -3.60. The molecule has 0 saturated carbocycles. The van der Waals surface area contributed by atoms with Crippen molar-refractivity contribution in [2.75, 3.05) is 13.1 Å². The van der Waals surface area contributed by atoms with Crippen molar-refractivity contribution in [3.63, 3.8) is 0 Å². The van der Waals surface area contributed by atoms with Gasteiger partial charge in [-0.1, -0.05) is 0 Å². The first kappa shape index (κ1) is 14.4. The zero-order chi connectivity index (χ0) is 14.3. The molecule has 0 radical (unpaired) electrons. The first-order chi connectivity index (χ1) is 8.72. The van der Waals surface area contributed by atoms with Crippen molar-refractivity contribution in [3.05, 3.63) is 29.6 Å². The molecule has 1 aliphatic heterocycles. The molecule has 0 aliphatic carbocycles. The van der Waals surface area contributed by atoms with E-state index in [-0.39, 0.29) is 18.0 Å². The number of aliphatic hydroxyl groups is 1. The van der Waals surface area contributed by atoms with Gasteiger partial charge in [-0.3, -0.25) is 0 Å². The highest BCUT2D eigenvalue weighted by molar-refractivity contribution is 7.89. The average Bonchev–Trinajstić information content (AvgIpc) is 2.27. The van der Waals surface area contributed by atoms with Crippen LogP contribution in [0.2, 0.25) is 0 Å². The van der Waals surface area contributed by atoms with E-state index in [1.54, 1.807) is 13.8 Å². The fourth-order valence-electron chi connectivity index (χ4n) is 2.25. The molecule has 1 N–H and O–H groups in total. The second-order valence-corrected chi connectivity index (χ2v) is 7.22. The van der Waals surface area contributed by atoms with Gasteiger partial charge in [-0.25, -0.2) is 12.8 Å². The molecule has 0 aromatic heterocycles. The lowest BCUT2D eigenvalue weighted by Crippen LogP contribution is -2.45. The van der Waals surface area contributed by atoms with Gasteiger partial charge < -0.3 is 5.11 Å². The predicted octanol–water partition coefficient (Wildman–Crippen LogP) is 1.67. The Morgan fingerprint density at radius 3 is 2.42 bits per heavy atom. The fraction of sp³-hybridized carbons (Fsp3) is 0.538. The summed E-state index contributed by atoms with van der Waals surface area (Å²) in [5.74, 6) is -0.446. The molecule has 0 bridgehead atoms. The Morgan fingerprint density at radius 2 is 1.89 bits per heavy atom. The highest BCUT2D eigenvalue weighted by Gasteiger charge is 2.34. The standard InChI is InChI=1S/C13H18FNO3S/c1-10-9-11(14)3-4-12(10)19(17,18)15-7-5-13(2,16)6-8-15/h3-4,9,16H,5-8H2,1-2H3. The van der Waals surface area contributed by atoms with Crippen LogP contribution in [-0.4, -0.2) is 36.5 Å². The molecule has 19 heavy (non-hydrogen) atoms. The first-order valence-corrected chi connectivity index (χ1v) is 7.65. The maximum atomic E-state index is 13.0. The normalized spacial score (nSPS) is 20.4. The fourth-order valence-corrected chi connectivity index (χ4v) is 3.90. The molecular formula is C13H18FNO3S. The van der Waals surface area contributed by atoms with E-state index in [0.29, 0.717) is 18.4 Å². The molecule has 1 aromatic rings. The number of sulfonamides is 1. The van der Waals surface area contributed by atoms with Gasteiger partial charge in [0.2, 0.25) is 10.0 Å². The number of aryl methyl sites for hydroxylation is 1. The summed E-state index contributed by atoms with van der Waals surface area (Å²) in [6.45, 7) is 3.86. The second-order valence-electron chi connectivity index (χ2n) is 5.31. The summed E-state index contributed by atoms with van der Waals surface area (Å²) in [6.07, 6.45) is 0.818. The zero-order valence-corrected chi connectivity index (χ0v) is 11.9. The van der Waals surface area contributed by atoms with Gasteiger partial charge in [0.1, 0.15) is 5.82 Å². The van der Waals surface area contributed by atoms with Gasteiger partial charge in [0.15, 0.2) is 0 Å². The Hall–Kier alpha value is -0.980. The molecule has 1 heterocycles. The Labute approximate surface area is 112 Å². The number of rotatable bonds is 2. The van der Waals surface area contributed by atoms with E-state index in [1.165, 1.54) is 16.4 Å². The molecular weight excluding hydrogens is 269 g/mol. The van der Waals surface area contributed by atoms with Crippen molar-refractivity contribution in [1.82, 2.24) is 4.31 Å². The van der Waals surface area contributed by atoms with Crippen LogP contribution in [0.25, 0.3) is 0 Å². The van der Waals surface area contributed by atoms with Crippen LogP contribution in [0.3, 0.4) is 0 Å². The molecule has 1 aromatic carbocycles. The number of hydrogen-bond acceptors (Lipinski definition) is 3. The molecule has 0 amide bonds. The summed E-state index contributed by atoms with van der Waals surface area (Å²) < 4.78 is 39.3. The van der Waals surface area contributed by atoms with Gasteiger partial charge in [-0.2, -0.15) is 4.31 Å². The van der Waals surface area contributed by atoms with Crippen LogP contribution in [0.5, 0.6) is 0 Å². The van der Waals surface area contributed by atoms with Crippen LogP contribution in [0.1, 0.15) is 25.3 Å². The maximum Gasteiger partial charge on any atom is 0.243 e. The molecule has 0 atom stereocenters. The summed E-state index contributed by atoms with van der Waals surface area (Å²) >= 11 is 0. The number of hydrogen-bond donors (Lipinski definition) is 1. The van der Waals surface area contributed by atoms with E-state index >= 15 is 0 Å². The topological polar surface area (TPSA) is 57.6 Å². The minimum Gasteiger partial charge on any atom is -0.390 e. The summed E-state index contributed by atoms with van der Waals surface area (Å²) in [6, 6.07) is 3.67. The van der Waals surface area contributed by atoms with E-state index < -0.39 is 21.4 Å². The van der Waals surface area contributed by atoms with Crippen molar-refractivity contribution in [2.45, 2.75) is 37.2 Å². The molecule has 1 fully saturated rings. The number of piperidine rings is 1. The van der Waals surface area contributed by atoms with Crippen LogP contribution >= 0.6 is 0 Å². The van der Waals surface area contributed by atoms with Crippen LogP contribution in [-0.2, 0) is 10.0 Å². The van der Waals surface area contributed by atoms with Crippen molar-refractivity contribution in [1.29, 1.82) is 0 Å². The second kappa shape index (κ2) is 4.85. The highest BCUT2D eigenvalue weighted by atomic mass is 32.2. The lowest BCUT2D eigenvalue weighted by molar-refractivity contribution is 0.0126. The van der Waals surface area contributed by atoms with E-state index in [4.69, 9.17) is 0 Å². The van der Waals surface area contributed by atoms with E-state index in [0.717, 1.165) is 6.07 Å². The van der Waals surface area contributed by atoms with Crippen LogP contribution in [0.15, 0.2) is 23.1 Å². The monoisotopic (exact) mass is 287 g/mol. The average molecular weight is 287 g/mol. The van der Waals surface area contributed by atoms with Crippen LogP contribution in [0, 0.1) is 12.7 Å². The Balaban J connectivity index is 2.28. The van der Waals surface area contributed by atoms with Gasteiger partial charge >= 0.3 is 0 Å². The summed E-state index contributed by atoms with van der Waals surface area (Å²) in [5, 5.41) is 9.85. The van der Waals surface area contributed by atoms with E-state index in [1.807, 2.05) is 0 Å². The van der Waals surface area contributed by atoms with Crippen LogP contribution in [0.4, 0.5) is 4.39 Å². The Kier molecular flexibility index (Phi) is 3.68. The maximum absolute atomic E-state index is 13.0. The highest BCUT2D eigenvalue weighted by Crippen LogP contribution is 2.27. The third kappa shape index (κ3) is 2.96. The lowest BCUT2D eigenvalue weighted by Gasteiger charge is -2.35. The van der Waals surface area contributed by atoms with Crippen LogP contribution < -0.4 is 0 Å². The molecule has 1 saturated heterocycles. The van der Waals surface area contributed by atoms with E-state index in [9.17, 15) is 17.9 Å². The minimum atomic E-state index is -3.60. The smallest absolute Gasteiger partial charge is 0.243 e. The van der Waals surface area contributed by atoms with Crippen molar-refractivity contribution >= 4 is 10.0 Å². The number of benzene rings is 1. The van der Waals surface area contributed by atoms with Gasteiger partial charge in [0, 0.05) is 13.1 Å². The number of halogens is 1. The Morgan fingerprint density at radius 1 is 1.32 bits per heavy atom. The molecule has 106 valence electrons. The van der Waals surface area contributed by atoms with Crippen molar-refractivity contribution in [2.24, 2.45) is 0 Å². The summed E-state index contributed by atoms with van der Waals surface area (Å²) in [5.41, 5.74) is -0.401. The van der Waals surface area contributed by atoms with E-state index in [2.05, 4.69) is 0 Å². The molecule has 1 aliphatic rings. The predicted molar refractivity (Wildman–Crippen MR) is 69.8 cm³/mol. The van der Waals surface area contributed by atoms with Gasteiger partial charge in [0.05, 0.1) is 10.5 Å². The molecule has 0 unspecified atom stereocenters. The lowest BCUT2D eigenvalue weighted by atomic mass is 9.95. The summed E-state index contributed by atoms with van der Waals surface area (Å²) in [4.78, 5) is 0.135. The van der Waals surface area contributed by atoms with Gasteiger partial charge in [-0.15, -0.1) is 0 Å².